The summed E-state index contributed by atoms with van der Waals surface area (Å²) < 4.78 is 0. The zero-order chi connectivity index (χ0) is 11.2. The largest absolute Gasteiger partial charge is 0.338 e. The molecule has 3 heteroatoms. The van der Waals surface area contributed by atoms with Crippen molar-refractivity contribution in [3.63, 3.8) is 0 Å². The van der Waals surface area contributed by atoms with Crippen LogP contribution in [0.3, 0.4) is 0 Å². The summed E-state index contributed by atoms with van der Waals surface area (Å²) in [7, 11) is 0. The number of likely N-dealkylation sites (tertiary alicyclic amines) is 1. The third kappa shape index (κ3) is 4.03. The van der Waals surface area contributed by atoms with Gasteiger partial charge in [-0.05, 0) is 31.6 Å². The van der Waals surface area contributed by atoms with Crippen LogP contribution in [-0.4, -0.2) is 30.6 Å². The highest BCUT2D eigenvalue weighted by Gasteiger charge is 2.20. The third-order valence-corrected chi connectivity index (χ3v) is 3.66. The summed E-state index contributed by atoms with van der Waals surface area (Å²) in [5.41, 5.74) is 0. The molecular weight excluding hydrogens is 200 g/mol. The van der Waals surface area contributed by atoms with Gasteiger partial charge in [-0.15, -0.1) is 0 Å². The lowest BCUT2D eigenvalue weighted by Gasteiger charge is -2.20. The minimum atomic E-state index is 0.165. The van der Waals surface area contributed by atoms with Gasteiger partial charge in [-0.1, -0.05) is 25.7 Å². The van der Waals surface area contributed by atoms with Crippen molar-refractivity contribution in [2.45, 2.75) is 51.4 Å². The van der Waals surface area contributed by atoms with E-state index in [4.69, 9.17) is 0 Å². The maximum absolute atomic E-state index is 11.8. The van der Waals surface area contributed by atoms with Gasteiger partial charge in [0, 0.05) is 19.6 Å². The van der Waals surface area contributed by atoms with Crippen LogP contribution >= 0.6 is 0 Å². The number of amides is 2. The van der Waals surface area contributed by atoms with Crippen LogP contribution in [0.25, 0.3) is 0 Å². The second-order valence-electron chi connectivity index (χ2n) is 5.22. The summed E-state index contributed by atoms with van der Waals surface area (Å²) in [5.74, 6) is 0.982. The van der Waals surface area contributed by atoms with Crippen molar-refractivity contribution in [1.29, 1.82) is 0 Å². The van der Waals surface area contributed by atoms with Crippen LogP contribution in [0.4, 0.5) is 4.79 Å². The van der Waals surface area contributed by atoms with Crippen LogP contribution in [-0.2, 0) is 0 Å². The first-order valence-corrected chi connectivity index (χ1v) is 6.89. The molecule has 2 fully saturated rings. The number of rotatable bonds is 4. The van der Waals surface area contributed by atoms with E-state index in [0.717, 1.165) is 32.0 Å². The Morgan fingerprint density at radius 3 is 2.44 bits per heavy atom. The van der Waals surface area contributed by atoms with E-state index in [9.17, 15) is 4.79 Å². The summed E-state index contributed by atoms with van der Waals surface area (Å²) in [5, 5.41) is 3.05. The van der Waals surface area contributed by atoms with Crippen LogP contribution in [0.1, 0.15) is 51.4 Å². The Balaban J connectivity index is 1.57. The fourth-order valence-corrected chi connectivity index (χ4v) is 2.38. The number of nitrogens with one attached hydrogen (secondary N) is 1. The molecule has 2 amide bonds. The first kappa shape index (κ1) is 11.7. The van der Waals surface area contributed by atoms with E-state index in [-0.39, 0.29) is 6.03 Å². The van der Waals surface area contributed by atoms with Crippen LogP contribution < -0.4 is 5.32 Å². The summed E-state index contributed by atoms with van der Waals surface area (Å²) in [6.07, 6.45) is 10.2. The molecule has 1 saturated heterocycles. The summed E-state index contributed by atoms with van der Waals surface area (Å²) in [4.78, 5) is 13.8. The quantitative estimate of drug-likeness (QED) is 0.732. The Hall–Kier alpha value is -0.730. The van der Waals surface area contributed by atoms with Gasteiger partial charge in [0.05, 0.1) is 0 Å². The average Bonchev–Trinajstić information content (AvgIpc) is 3.10. The molecule has 16 heavy (non-hydrogen) atoms. The molecule has 0 aromatic rings. The minimum absolute atomic E-state index is 0.165. The summed E-state index contributed by atoms with van der Waals surface area (Å²) in [6.45, 7) is 2.77. The lowest BCUT2D eigenvalue weighted by atomic mass is 10.2. The molecule has 0 bridgehead atoms. The van der Waals surface area contributed by atoms with Gasteiger partial charge in [0.2, 0.25) is 0 Å². The SMILES string of the molecule is O=C(NCCCC1CC1)N1CCCCCC1. The Kier molecular flexibility index (Phi) is 4.49. The molecule has 0 spiro atoms. The standard InChI is InChI=1S/C13H24N2O/c16-13(14-9-5-6-12-7-8-12)15-10-3-1-2-4-11-15/h12H,1-11H2,(H,14,16). The number of nitrogens with zero attached hydrogens (tertiary/aromatic N) is 1. The summed E-state index contributed by atoms with van der Waals surface area (Å²) in [6, 6.07) is 0.165. The van der Waals surface area contributed by atoms with E-state index in [0.29, 0.717) is 0 Å². The first-order chi connectivity index (χ1) is 7.86. The van der Waals surface area contributed by atoms with E-state index in [1.807, 2.05) is 4.90 Å². The molecular formula is C13H24N2O. The zero-order valence-electron chi connectivity index (χ0n) is 10.2. The molecule has 1 N–H and O–H groups in total. The van der Waals surface area contributed by atoms with Crippen molar-refractivity contribution in [3.05, 3.63) is 0 Å². The predicted molar refractivity (Wildman–Crippen MR) is 65.4 cm³/mol. The maximum Gasteiger partial charge on any atom is 0.317 e. The van der Waals surface area contributed by atoms with Gasteiger partial charge in [-0.3, -0.25) is 0 Å². The first-order valence-electron chi connectivity index (χ1n) is 6.89. The lowest BCUT2D eigenvalue weighted by Crippen LogP contribution is -2.40. The Bertz CT molecular complexity index is 218. The fraction of sp³-hybridized carbons (Fsp3) is 0.923. The molecule has 0 unspecified atom stereocenters. The molecule has 1 aliphatic heterocycles. The van der Waals surface area contributed by atoms with Crippen molar-refractivity contribution in [2.75, 3.05) is 19.6 Å². The number of hydrogen-bond donors (Lipinski definition) is 1. The number of carbonyl (C=O) groups excluding carboxylic acids is 1. The molecule has 0 radical (unpaired) electrons. The monoisotopic (exact) mass is 224 g/mol. The van der Waals surface area contributed by atoms with Crippen LogP contribution in [0.2, 0.25) is 0 Å². The highest BCUT2D eigenvalue weighted by Crippen LogP contribution is 2.33. The normalized spacial score (nSPS) is 21.6. The average molecular weight is 224 g/mol. The Morgan fingerprint density at radius 2 is 1.81 bits per heavy atom. The van der Waals surface area contributed by atoms with Gasteiger partial charge in [-0.25, -0.2) is 4.79 Å². The van der Waals surface area contributed by atoms with Crippen LogP contribution in [0.15, 0.2) is 0 Å². The molecule has 0 atom stereocenters. The van der Waals surface area contributed by atoms with Gasteiger partial charge in [-0.2, -0.15) is 0 Å². The summed E-state index contributed by atoms with van der Waals surface area (Å²) >= 11 is 0. The van der Waals surface area contributed by atoms with Crippen molar-refractivity contribution in [3.8, 4) is 0 Å². The maximum atomic E-state index is 11.8. The van der Waals surface area contributed by atoms with E-state index >= 15 is 0 Å². The van der Waals surface area contributed by atoms with Gasteiger partial charge in [0.1, 0.15) is 0 Å². The molecule has 1 heterocycles. The highest BCUT2D eigenvalue weighted by atomic mass is 16.2. The molecule has 1 aliphatic carbocycles. The van der Waals surface area contributed by atoms with Gasteiger partial charge in [0.15, 0.2) is 0 Å². The van der Waals surface area contributed by atoms with Crippen molar-refractivity contribution >= 4 is 6.03 Å². The van der Waals surface area contributed by atoms with Crippen molar-refractivity contribution in [2.24, 2.45) is 5.92 Å². The van der Waals surface area contributed by atoms with Gasteiger partial charge in [0.25, 0.3) is 0 Å². The Labute approximate surface area is 98.6 Å². The zero-order valence-corrected chi connectivity index (χ0v) is 10.2. The number of hydrogen-bond acceptors (Lipinski definition) is 1. The second-order valence-corrected chi connectivity index (χ2v) is 5.22. The minimum Gasteiger partial charge on any atom is -0.338 e. The smallest absolute Gasteiger partial charge is 0.317 e. The molecule has 2 aliphatic rings. The van der Waals surface area contributed by atoms with Gasteiger partial charge >= 0.3 is 6.03 Å². The van der Waals surface area contributed by atoms with Crippen LogP contribution in [0.5, 0.6) is 0 Å². The molecule has 0 aromatic carbocycles. The van der Waals surface area contributed by atoms with Gasteiger partial charge < -0.3 is 10.2 Å². The molecule has 3 nitrogen and oxygen atoms in total. The van der Waals surface area contributed by atoms with E-state index in [1.165, 1.54) is 44.9 Å². The molecule has 92 valence electrons. The van der Waals surface area contributed by atoms with Crippen molar-refractivity contribution < 1.29 is 4.79 Å². The fourth-order valence-electron chi connectivity index (χ4n) is 2.38. The number of urea groups is 1. The van der Waals surface area contributed by atoms with E-state index in [1.54, 1.807) is 0 Å². The highest BCUT2D eigenvalue weighted by molar-refractivity contribution is 5.74. The Morgan fingerprint density at radius 1 is 1.12 bits per heavy atom. The van der Waals surface area contributed by atoms with E-state index < -0.39 is 0 Å². The lowest BCUT2D eigenvalue weighted by molar-refractivity contribution is 0.199. The van der Waals surface area contributed by atoms with E-state index in [2.05, 4.69) is 5.32 Å². The van der Waals surface area contributed by atoms with Crippen molar-refractivity contribution in [1.82, 2.24) is 10.2 Å². The number of carbonyl (C=O) groups is 1. The molecule has 0 aromatic heterocycles. The third-order valence-electron chi connectivity index (χ3n) is 3.66. The molecule has 1 saturated carbocycles. The topological polar surface area (TPSA) is 32.3 Å². The van der Waals surface area contributed by atoms with Crippen LogP contribution in [0, 0.1) is 5.92 Å². The predicted octanol–water partition coefficient (Wildman–Crippen LogP) is 2.76. The molecule has 2 rings (SSSR count). The second kappa shape index (κ2) is 6.12.